The Morgan fingerprint density at radius 3 is 2.21 bits per heavy atom. The smallest absolute Gasteiger partial charge is 0.407 e. The molecule has 9 rings (SSSR count). The zero-order valence-electron chi connectivity index (χ0n) is 36.3. The van der Waals surface area contributed by atoms with E-state index in [0.29, 0.717) is 42.1 Å². The molecule has 62 heavy (non-hydrogen) atoms. The van der Waals surface area contributed by atoms with Crippen molar-refractivity contribution in [3.05, 3.63) is 71.7 Å². The zero-order valence-corrected chi connectivity index (χ0v) is 36.3. The van der Waals surface area contributed by atoms with Crippen LogP contribution >= 0.6 is 0 Å². The molecule has 2 aromatic heterocycles. The molecule has 15 heteroatoms. The number of H-pyrrole nitrogens is 2. The van der Waals surface area contributed by atoms with E-state index in [9.17, 15) is 19.2 Å². The highest BCUT2D eigenvalue weighted by molar-refractivity contribution is 5.89. The van der Waals surface area contributed by atoms with Crippen molar-refractivity contribution < 1.29 is 33.4 Å². The van der Waals surface area contributed by atoms with Crippen LogP contribution in [0.5, 0.6) is 0 Å². The molecule has 2 aliphatic carbocycles. The van der Waals surface area contributed by atoms with Gasteiger partial charge < -0.3 is 44.6 Å². The highest BCUT2D eigenvalue weighted by Gasteiger charge is 2.62. The number of likely N-dealkylation sites (tertiary alicyclic amines) is 2. The van der Waals surface area contributed by atoms with Crippen LogP contribution in [0.1, 0.15) is 102 Å². The van der Waals surface area contributed by atoms with E-state index in [4.69, 9.17) is 24.2 Å². The standard InChI is InChI=1S/C47H56N8O7/c1-23(2)39(52-46(58)60-6)44(56)55-38(20-34-26(5)41(34)55)43-49-22-35(51-43)30-12-11-28-16-27(8-10-29(28)17-30)9-13-33-21-48-42(50-33)37-19-31-18-36(31)54(37)45(57)40(53-47(59)61-7)32-14-24(3)62-25(4)15-32/h8,10-12,16-17,21-26,31-32,34,36-41H,14-15,18-20H2,1-7H3,(H,48,50)(H,49,51)(H,52,58)(H,53,59)/t24-,25+,26?,31-,32+,34?,36-,37+,38+,39?,40?,41?/m1/s1. The summed E-state index contributed by atoms with van der Waals surface area (Å²) in [5.74, 6) is 8.78. The second-order valence-corrected chi connectivity index (χ2v) is 18.4. The van der Waals surface area contributed by atoms with Gasteiger partial charge in [0.25, 0.3) is 0 Å². The molecule has 0 bridgehead atoms. The summed E-state index contributed by atoms with van der Waals surface area (Å²) in [5, 5.41) is 7.71. The van der Waals surface area contributed by atoms with Crippen LogP contribution in [0.4, 0.5) is 9.59 Å². The Bertz CT molecular complexity index is 2440. The largest absolute Gasteiger partial charge is 0.453 e. The van der Waals surface area contributed by atoms with E-state index >= 15 is 0 Å². The van der Waals surface area contributed by atoms with Gasteiger partial charge in [0, 0.05) is 23.2 Å². The molecule has 5 aliphatic rings. The number of carbonyl (C=O) groups is 4. The molecule has 5 unspecified atom stereocenters. The van der Waals surface area contributed by atoms with Gasteiger partial charge in [-0.1, -0.05) is 44.9 Å². The lowest BCUT2D eigenvalue weighted by molar-refractivity contribution is -0.140. The van der Waals surface area contributed by atoms with Crippen LogP contribution in [-0.4, -0.2) is 104 Å². The fraction of sp³-hybridized carbons (Fsp3) is 0.532. The maximum Gasteiger partial charge on any atom is 0.407 e. The van der Waals surface area contributed by atoms with Crippen LogP contribution in [0, 0.1) is 41.4 Å². The average Bonchev–Trinajstić information content (AvgIpc) is 3.73. The lowest BCUT2D eigenvalue weighted by Gasteiger charge is -2.38. The van der Waals surface area contributed by atoms with Gasteiger partial charge in [-0.25, -0.2) is 19.6 Å². The Hall–Kier alpha value is -5.88. The maximum absolute atomic E-state index is 14.4. The van der Waals surface area contributed by atoms with E-state index in [1.54, 1.807) is 6.20 Å². The van der Waals surface area contributed by atoms with E-state index in [-0.39, 0.29) is 60.0 Å². The number of hydrogen-bond donors (Lipinski definition) is 4. The van der Waals surface area contributed by atoms with Gasteiger partial charge >= 0.3 is 12.2 Å². The van der Waals surface area contributed by atoms with Crippen LogP contribution in [0.2, 0.25) is 0 Å². The number of benzene rings is 2. The first-order valence-electron chi connectivity index (χ1n) is 22.0. The van der Waals surface area contributed by atoms with Crippen molar-refractivity contribution in [1.82, 2.24) is 40.4 Å². The number of ether oxygens (including phenoxy) is 3. The summed E-state index contributed by atoms with van der Waals surface area (Å²) in [6.07, 6.45) is 6.20. The molecule has 12 atom stereocenters. The minimum Gasteiger partial charge on any atom is -0.453 e. The molecule has 0 spiro atoms. The van der Waals surface area contributed by atoms with E-state index < -0.39 is 24.3 Å². The topological polar surface area (TPSA) is 184 Å². The van der Waals surface area contributed by atoms with Gasteiger partial charge in [-0.05, 0) is 110 Å². The first-order valence-corrected chi connectivity index (χ1v) is 22.0. The summed E-state index contributed by atoms with van der Waals surface area (Å²) in [6.45, 7) is 10.0. The van der Waals surface area contributed by atoms with Gasteiger partial charge in [-0.15, -0.1) is 0 Å². The first kappa shape index (κ1) is 41.5. The fourth-order valence-electron chi connectivity index (χ4n) is 10.6. The Kier molecular flexibility index (Phi) is 11.0. The molecule has 2 saturated carbocycles. The number of imidazole rings is 2. The lowest BCUT2D eigenvalue weighted by Crippen LogP contribution is -2.55. The SMILES string of the molecule is COC(=O)NC(C(=O)N1C2C(C)C2C[C@H]1c1ncc(-c2ccc3cc(C#Cc4cnc([C@@H]5C[C@H]6C[C@H]6N5C(=O)C(NC(=O)OC)[C@H]5C[C@@H](C)O[C@@H](C)C5)[nH]4)ccc3c2)[nH]1)C(C)C. The molecule has 4 N–H and O–H groups in total. The number of carbonyl (C=O) groups excluding carboxylic acids is 4. The number of rotatable bonds is 9. The summed E-state index contributed by atoms with van der Waals surface area (Å²) in [4.78, 5) is 73.2. The number of aromatic amines is 2. The van der Waals surface area contributed by atoms with Gasteiger partial charge in [0.05, 0.1) is 56.6 Å². The van der Waals surface area contributed by atoms with Crippen molar-refractivity contribution in [3.8, 4) is 23.1 Å². The predicted molar refractivity (Wildman–Crippen MR) is 229 cm³/mol. The number of methoxy groups -OCH3 is 2. The second-order valence-electron chi connectivity index (χ2n) is 18.4. The van der Waals surface area contributed by atoms with Gasteiger partial charge in [0.15, 0.2) is 0 Å². The third-order valence-corrected chi connectivity index (χ3v) is 13.9. The Morgan fingerprint density at radius 2 is 1.47 bits per heavy atom. The van der Waals surface area contributed by atoms with Crippen molar-refractivity contribution in [2.24, 2.45) is 29.6 Å². The maximum atomic E-state index is 14.4. The molecule has 15 nitrogen and oxygen atoms in total. The van der Waals surface area contributed by atoms with Gasteiger partial charge in [0.1, 0.15) is 29.4 Å². The Labute approximate surface area is 361 Å². The Balaban J connectivity index is 0.885. The average molecular weight is 845 g/mol. The summed E-state index contributed by atoms with van der Waals surface area (Å²) in [6, 6.07) is 10.7. The monoisotopic (exact) mass is 844 g/mol. The first-order chi connectivity index (χ1) is 29.8. The van der Waals surface area contributed by atoms with E-state index in [1.807, 2.05) is 49.8 Å². The van der Waals surface area contributed by atoms with Crippen LogP contribution < -0.4 is 10.6 Å². The van der Waals surface area contributed by atoms with Crippen LogP contribution in [0.15, 0.2) is 48.8 Å². The number of amides is 4. The molecule has 3 saturated heterocycles. The number of alkyl carbamates (subject to hydrolysis) is 2. The van der Waals surface area contributed by atoms with Crippen LogP contribution in [-0.2, 0) is 23.8 Å². The molecule has 0 radical (unpaired) electrons. The van der Waals surface area contributed by atoms with E-state index in [0.717, 1.165) is 52.7 Å². The lowest BCUT2D eigenvalue weighted by atomic mass is 9.85. The zero-order chi connectivity index (χ0) is 43.6. The van der Waals surface area contributed by atoms with Crippen LogP contribution in [0.3, 0.4) is 0 Å². The number of fused-ring (bicyclic) bond motifs is 3. The van der Waals surface area contributed by atoms with Crippen molar-refractivity contribution in [2.75, 3.05) is 14.2 Å². The van der Waals surface area contributed by atoms with Crippen molar-refractivity contribution in [1.29, 1.82) is 0 Å². The van der Waals surface area contributed by atoms with Gasteiger partial charge in [0.2, 0.25) is 11.8 Å². The minimum absolute atomic E-state index is 0.0172. The van der Waals surface area contributed by atoms with Crippen molar-refractivity contribution in [2.45, 2.75) is 115 Å². The van der Waals surface area contributed by atoms with Crippen molar-refractivity contribution >= 4 is 34.8 Å². The molecule has 5 heterocycles. The third-order valence-electron chi connectivity index (χ3n) is 13.9. The number of piperidine rings is 2. The highest BCUT2D eigenvalue weighted by atomic mass is 16.5. The molecular weight excluding hydrogens is 789 g/mol. The number of nitrogens with one attached hydrogen (secondary N) is 4. The van der Waals surface area contributed by atoms with Gasteiger partial charge in [-0.3, -0.25) is 9.59 Å². The molecule has 326 valence electrons. The number of aromatic nitrogens is 4. The number of nitrogens with zero attached hydrogens (tertiary/aromatic N) is 4. The Morgan fingerprint density at radius 1 is 0.790 bits per heavy atom. The molecular formula is C47H56N8O7. The predicted octanol–water partition coefficient (Wildman–Crippen LogP) is 6.23. The van der Waals surface area contributed by atoms with E-state index in [1.165, 1.54) is 14.2 Å². The fourth-order valence-corrected chi connectivity index (χ4v) is 10.6. The third kappa shape index (κ3) is 7.89. The summed E-state index contributed by atoms with van der Waals surface area (Å²) in [7, 11) is 2.62. The summed E-state index contributed by atoms with van der Waals surface area (Å²) in [5.41, 5.74) is 3.34. The number of hydrogen-bond acceptors (Lipinski definition) is 9. The summed E-state index contributed by atoms with van der Waals surface area (Å²) >= 11 is 0. The second kappa shape index (κ2) is 16.4. The molecule has 5 fully saturated rings. The molecule has 4 amide bonds. The highest BCUT2D eigenvalue weighted by Crippen LogP contribution is 2.58. The van der Waals surface area contributed by atoms with Gasteiger partial charge in [-0.2, -0.15) is 0 Å². The normalized spacial score (nSPS) is 29.2. The molecule has 3 aliphatic heterocycles. The summed E-state index contributed by atoms with van der Waals surface area (Å²) < 4.78 is 15.7. The van der Waals surface area contributed by atoms with Crippen LogP contribution in [0.25, 0.3) is 22.0 Å². The minimum atomic E-state index is -0.718. The molecule has 4 aromatic rings. The van der Waals surface area contributed by atoms with E-state index in [2.05, 4.69) is 69.7 Å². The quantitative estimate of drug-likeness (QED) is 0.142. The van der Waals surface area contributed by atoms with Crippen molar-refractivity contribution in [3.63, 3.8) is 0 Å². The molecule has 2 aromatic carbocycles.